The van der Waals surface area contributed by atoms with Crippen LogP contribution in [0.4, 0.5) is 5.69 Å². The van der Waals surface area contributed by atoms with Crippen LogP contribution in [0.1, 0.15) is 6.92 Å². The van der Waals surface area contributed by atoms with E-state index in [1.165, 1.54) is 0 Å². The Morgan fingerprint density at radius 3 is 2.26 bits per heavy atom. The van der Waals surface area contributed by atoms with Gasteiger partial charge in [0.05, 0.1) is 12.3 Å². The van der Waals surface area contributed by atoms with Crippen LogP contribution in [0.25, 0.3) is 0 Å². The average Bonchev–Trinajstić information content (AvgIpc) is 2.35. The van der Waals surface area contributed by atoms with Gasteiger partial charge in [-0.3, -0.25) is 0 Å². The fraction of sp³-hybridized carbons (Fsp3) is 0.143. The van der Waals surface area contributed by atoms with Gasteiger partial charge >= 0.3 is 0 Å². The minimum absolute atomic E-state index is 0. The summed E-state index contributed by atoms with van der Waals surface area (Å²) in [5.74, 6) is 2.10. The molecule has 0 unspecified atom stereocenters. The summed E-state index contributed by atoms with van der Waals surface area (Å²) in [5, 5.41) is 0.589. The highest BCUT2D eigenvalue weighted by Crippen LogP contribution is 2.30. The maximum Gasteiger partial charge on any atom is 0.150 e. The maximum absolute atomic E-state index is 5.82. The van der Waals surface area contributed by atoms with Gasteiger partial charge in [0.25, 0.3) is 0 Å². The fourth-order valence-corrected chi connectivity index (χ4v) is 1.69. The quantitative estimate of drug-likeness (QED) is 0.861. The lowest BCUT2D eigenvalue weighted by atomic mass is 10.3. The van der Waals surface area contributed by atoms with E-state index in [9.17, 15) is 0 Å². The number of nitrogens with two attached hydrogens (primary N) is 1. The van der Waals surface area contributed by atoms with Crippen LogP contribution >= 0.6 is 11.6 Å². The van der Waals surface area contributed by atoms with Crippen molar-refractivity contribution in [1.82, 2.24) is 0 Å². The van der Waals surface area contributed by atoms with Crippen molar-refractivity contribution in [1.29, 1.82) is 0 Å². The zero-order valence-electron chi connectivity index (χ0n) is 10.4. The molecule has 0 aromatic heterocycles. The molecule has 0 aliphatic rings. The molecule has 2 rings (SSSR count). The molecular weight excluding hydrogens is 285 g/mol. The summed E-state index contributed by atoms with van der Waals surface area (Å²) in [5.41, 5.74) is 6.32. The summed E-state index contributed by atoms with van der Waals surface area (Å²) in [4.78, 5) is 0. The third-order valence-corrected chi connectivity index (χ3v) is 2.57. The van der Waals surface area contributed by atoms with Crippen molar-refractivity contribution in [2.75, 3.05) is 12.3 Å². The van der Waals surface area contributed by atoms with E-state index in [2.05, 4.69) is 0 Å². The SMILES string of the molecule is CCOc1ccc(Oc2ccc(Cl)cc2N)cc1.[Cl-]. The van der Waals surface area contributed by atoms with E-state index in [1.54, 1.807) is 18.2 Å². The molecule has 19 heavy (non-hydrogen) atoms. The van der Waals surface area contributed by atoms with E-state index in [-0.39, 0.29) is 12.4 Å². The number of hydrogen-bond donors (Lipinski definition) is 1. The number of anilines is 1. The lowest BCUT2D eigenvalue weighted by molar-refractivity contribution is -0.00000459. The Balaban J connectivity index is 0.00000180. The second-order valence-corrected chi connectivity index (χ2v) is 4.13. The highest BCUT2D eigenvalue weighted by molar-refractivity contribution is 6.30. The van der Waals surface area contributed by atoms with Crippen LogP contribution < -0.4 is 27.6 Å². The van der Waals surface area contributed by atoms with Gasteiger partial charge in [-0.25, -0.2) is 0 Å². The number of nitrogen functional groups attached to an aromatic ring is 1. The molecule has 102 valence electrons. The zero-order valence-corrected chi connectivity index (χ0v) is 11.9. The molecule has 0 aliphatic carbocycles. The summed E-state index contributed by atoms with van der Waals surface area (Å²) in [6.45, 7) is 2.59. The van der Waals surface area contributed by atoms with Gasteiger partial charge in [0.1, 0.15) is 17.2 Å². The largest absolute Gasteiger partial charge is 1.00 e. The van der Waals surface area contributed by atoms with Crippen molar-refractivity contribution in [3.63, 3.8) is 0 Å². The van der Waals surface area contributed by atoms with Gasteiger partial charge in [-0.15, -0.1) is 0 Å². The second-order valence-electron chi connectivity index (χ2n) is 3.69. The molecule has 3 nitrogen and oxygen atoms in total. The molecule has 0 radical (unpaired) electrons. The van der Waals surface area contributed by atoms with Crippen LogP contribution in [0, 0.1) is 0 Å². The Bertz CT molecular complexity index is 529. The van der Waals surface area contributed by atoms with Crippen molar-refractivity contribution in [2.45, 2.75) is 6.92 Å². The average molecular weight is 299 g/mol. The number of ether oxygens (including phenoxy) is 2. The summed E-state index contributed by atoms with van der Waals surface area (Å²) < 4.78 is 11.0. The van der Waals surface area contributed by atoms with E-state index in [0.29, 0.717) is 28.8 Å². The molecule has 5 heteroatoms. The number of rotatable bonds is 4. The topological polar surface area (TPSA) is 44.5 Å². The first-order chi connectivity index (χ1) is 8.69. The molecule has 0 fully saturated rings. The standard InChI is InChI=1S/C14H14ClNO2.ClH/c1-2-17-11-4-6-12(7-5-11)18-14-8-3-10(15)9-13(14)16;/h3-9H,2,16H2,1H3;1H/p-1. The van der Waals surface area contributed by atoms with E-state index in [0.717, 1.165) is 5.75 Å². The van der Waals surface area contributed by atoms with E-state index >= 15 is 0 Å². The van der Waals surface area contributed by atoms with Gasteiger partial charge in [-0.2, -0.15) is 0 Å². The van der Waals surface area contributed by atoms with Gasteiger partial charge in [-0.05, 0) is 49.4 Å². The molecule has 0 heterocycles. The minimum Gasteiger partial charge on any atom is -1.00 e. The molecule has 2 aromatic carbocycles. The van der Waals surface area contributed by atoms with Crippen molar-refractivity contribution in [3.05, 3.63) is 47.5 Å². The number of benzene rings is 2. The molecule has 0 bridgehead atoms. The summed E-state index contributed by atoms with van der Waals surface area (Å²) in [7, 11) is 0. The van der Waals surface area contributed by atoms with Gasteiger partial charge < -0.3 is 27.6 Å². The lowest BCUT2D eigenvalue weighted by Gasteiger charge is -2.09. The van der Waals surface area contributed by atoms with Crippen LogP contribution in [0.2, 0.25) is 5.02 Å². The molecule has 0 amide bonds. The Hall–Kier alpha value is -1.58. The lowest BCUT2D eigenvalue weighted by Crippen LogP contribution is -3.00. The number of halogens is 2. The summed E-state index contributed by atoms with van der Waals surface area (Å²) in [6.07, 6.45) is 0. The fourth-order valence-electron chi connectivity index (χ4n) is 1.51. The van der Waals surface area contributed by atoms with E-state index in [1.807, 2.05) is 31.2 Å². The normalized spacial score (nSPS) is 9.58. The number of hydrogen-bond acceptors (Lipinski definition) is 3. The Morgan fingerprint density at radius 1 is 1.05 bits per heavy atom. The molecule has 0 atom stereocenters. The molecule has 0 saturated carbocycles. The molecule has 2 aromatic rings. The zero-order chi connectivity index (χ0) is 13.0. The van der Waals surface area contributed by atoms with Crippen LogP contribution in [0.15, 0.2) is 42.5 Å². The van der Waals surface area contributed by atoms with E-state index in [4.69, 9.17) is 26.8 Å². The molecule has 0 saturated heterocycles. The highest BCUT2D eigenvalue weighted by Gasteiger charge is 2.03. The van der Waals surface area contributed by atoms with Crippen LogP contribution in [-0.2, 0) is 0 Å². The summed E-state index contributed by atoms with van der Waals surface area (Å²) >= 11 is 5.82. The van der Waals surface area contributed by atoms with Crippen molar-refractivity contribution in [2.24, 2.45) is 0 Å². The third kappa shape index (κ3) is 4.23. The van der Waals surface area contributed by atoms with Gasteiger partial charge in [0.2, 0.25) is 0 Å². The van der Waals surface area contributed by atoms with Crippen molar-refractivity contribution < 1.29 is 21.9 Å². The Morgan fingerprint density at radius 2 is 1.68 bits per heavy atom. The monoisotopic (exact) mass is 298 g/mol. The van der Waals surface area contributed by atoms with E-state index < -0.39 is 0 Å². The first-order valence-electron chi connectivity index (χ1n) is 5.65. The minimum atomic E-state index is 0. The Labute approximate surface area is 123 Å². The van der Waals surface area contributed by atoms with Gasteiger partial charge in [0.15, 0.2) is 0 Å². The van der Waals surface area contributed by atoms with Gasteiger partial charge in [0, 0.05) is 5.02 Å². The predicted octanol–water partition coefficient (Wildman–Crippen LogP) is 1.12. The van der Waals surface area contributed by atoms with Crippen LogP contribution in [-0.4, -0.2) is 6.61 Å². The highest BCUT2D eigenvalue weighted by atomic mass is 35.5. The first-order valence-corrected chi connectivity index (χ1v) is 6.02. The third-order valence-electron chi connectivity index (χ3n) is 2.33. The summed E-state index contributed by atoms with van der Waals surface area (Å²) in [6, 6.07) is 12.5. The maximum atomic E-state index is 5.82. The van der Waals surface area contributed by atoms with Crippen molar-refractivity contribution in [3.8, 4) is 17.2 Å². The van der Waals surface area contributed by atoms with Crippen LogP contribution in [0.5, 0.6) is 17.2 Å². The molecular formula is C14H14Cl2NO2-. The predicted molar refractivity (Wildman–Crippen MR) is 73.5 cm³/mol. The molecule has 2 N–H and O–H groups in total. The van der Waals surface area contributed by atoms with Crippen LogP contribution in [0.3, 0.4) is 0 Å². The second kappa shape index (κ2) is 7.12. The Kier molecular flexibility index (Phi) is 5.80. The molecule has 0 spiro atoms. The first kappa shape index (κ1) is 15.5. The van der Waals surface area contributed by atoms with Gasteiger partial charge in [-0.1, -0.05) is 11.6 Å². The molecule has 0 aliphatic heterocycles. The van der Waals surface area contributed by atoms with Crippen molar-refractivity contribution >= 4 is 17.3 Å². The smallest absolute Gasteiger partial charge is 0.150 e.